The van der Waals surface area contributed by atoms with Crippen LogP contribution in [0.15, 0.2) is 63.4 Å². The van der Waals surface area contributed by atoms with Gasteiger partial charge in [-0.15, -0.1) is 0 Å². The lowest BCUT2D eigenvalue weighted by Gasteiger charge is -2.16. The minimum Gasteiger partial charge on any atom is -0.337 e. The van der Waals surface area contributed by atoms with E-state index in [-0.39, 0.29) is 5.91 Å². The van der Waals surface area contributed by atoms with Gasteiger partial charge in [-0.2, -0.15) is 0 Å². The molecule has 2 aliphatic heterocycles. The highest BCUT2D eigenvalue weighted by Gasteiger charge is 2.38. The topological polar surface area (TPSA) is 23.6 Å². The first-order valence-corrected chi connectivity index (χ1v) is 9.48. The van der Waals surface area contributed by atoms with Crippen LogP contribution < -0.4 is 9.80 Å². The van der Waals surface area contributed by atoms with Gasteiger partial charge in [0.2, 0.25) is 0 Å². The first-order chi connectivity index (χ1) is 11.6. The van der Waals surface area contributed by atoms with Crippen LogP contribution in [0, 0.1) is 6.92 Å². The summed E-state index contributed by atoms with van der Waals surface area (Å²) in [5.41, 5.74) is 3.06. The molecular formula is C18H14N2OS3. The minimum atomic E-state index is -0.0437. The van der Waals surface area contributed by atoms with Gasteiger partial charge in [0.1, 0.15) is 4.91 Å². The van der Waals surface area contributed by atoms with Crippen LogP contribution in [0.4, 0.5) is 11.4 Å². The summed E-state index contributed by atoms with van der Waals surface area (Å²) in [4.78, 5) is 18.6. The highest BCUT2D eigenvalue weighted by molar-refractivity contribution is 8.27. The summed E-state index contributed by atoms with van der Waals surface area (Å²) in [5.74, 6) is -0.0437. The first kappa shape index (κ1) is 15.7. The molecule has 6 heteroatoms. The van der Waals surface area contributed by atoms with Gasteiger partial charge >= 0.3 is 0 Å². The van der Waals surface area contributed by atoms with Crippen LogP contribution in [-0.4, -0.2) is 17.3 Å². The van der Waals surface area contributed by atoms with Gasteiger partial charge in [-0.3, -0.25) is 9.69 Å². The molecule has 0 bridgehead atoms. The highest BCUT2D eigenvalue weighted by atomic mass is 32.2. The molecule has 0 radical (unpaired) electrons. The number of carbonyl (C=O) groups is 1. The maximum Gasteiger partial charge on any atom is 0.273 e. The number of anilines is 2. The fourth-order valence-corrected chi connectivity index (χ4v) is 5.41. The zero-order valence-electron chi connectivity index (χ0n) is 13.1. The summed E-state index contributed by atoms with van der Waals surface area (Å²) in [7, 11) is 1.99. The van der Waals surface area contributed by atoms with Gasteiger partial charge in [0.25, 0.3) is 5.91 Å². The molecule has 0 spiro atoms. The molecule has 1 amide bonds. The molecule has 2 aromatic rings. The number of benzene rings is 2. The lowest BCUT2D eigenvalue weighted by atomic mass is 10.2. The Bertz CT molecular complexity index is 907. The van der Waals surface area contributed by atoms with E-state index < -0.39 is 0 Å². The number of carbonyl (C=O) groups excluding carboxylic acids is 1. The van der Waals surface area contributed by atoms with Gasteiger partial charge in [0, 0.05) is 11.9 Å². The van der Waals surface area contributed by atoms with Crippen molar-refractivity contribution >= 4 is 57.3 Å². The molecule has 0 aliphatic carbocycles. The number of amides is 1. The average molecular weight is 371 g/mol. The van der Waals surface area contributed by atoms with Crippen molar-refractivity contribution in [1.29, 1.82) is 0 Å². The quantitative estimate of drug-likeness (QED) is 0.531. The summed E-state index contributed by atoms with van der Waals surface area (Å²) in [6, 6.07) is 16.0. The Morgan fingerprint density at radius 2 is 1.83 bits per heavy atom. The van der Waals surface area contributed by atoms with E-state index in [1.54, 1.807) is 16.7 Å². The average Bonchev–Trinajstić information content (AvgIpc) is 3.05. The fourth-order valence-electron chi connectivity index (χ4n) is 2.79. The predicted octanol–water partition coefficient (Wildman–Crippen LogP) is 4.77. The third-order valence-corrected chi connectivity index (χ3v) is 6.69. The summed E-state index contributed by atoms with van der Waals surface area (Å²) in [6.07, 6.45) is 0. The second-order valence-corrected chi connectivity index (χ2v) is 8.29. The monoisotopic (exact) mass is 370 g/mol. The van der Waals surface area contributed by atoms with Crippen LogP contribution in [0.1, 0.15) is 5.56 Å². The van der Waals surface area contributed by atoms with Crippen LogP contribution >= 0.6 is 35.7 Å². The van der Waals surface area contributed by atoms with Crippen molar-refractivity contribution in [1.82, 2.24) is 0 Å². The molecule has 0 atom stereocenters. The Kier molecular flexibility index (Phi) is 3.90. The maximum atomic E-state index is 13.0. The molecule has 24 heavy (non-hydrogen) atoms. The van der Waals surface area contributed by atoms with E-state index in [1.807, 2.05) is 50.4 Å². The van der Waals surface area contributed by atoms with Crippen molar-refractivity contribution < 1.29 is 4.79 Å². The standard InChI is InChI=1S/C18H14N2OS3/c1-11-6-5-7-12(10-11)20-16(21)15(24-18(20)22)17-19(2)13-8-3-4-9-14(13)23-17/h3-10H,1-2H3/b17-15-. The lowest BCUT2D eigenvalue weighted by molar-refractivity contribution is -0.113. The number of para-hydroxylation sites is 1. The predicted molar refractivity (Wildman–Crippen MR) is 107 cm³/mol. The maximum absolute atomic E-state index is 13.0. The van der Waals surface area contributed by atoms with E-state index in [1.165, 1.54) is 11.8 Å². The fraction of sp³-hybridized carbons (Fsp3) is 0.111. The normalized spacial score (nSPS) is 20.1. The Balaban J connectivity index is 1.75. The van der Waals surface area contributed by atoms with Crippen molar-refractivity contribution in [3.63, 3.8) is 0 Å². The third-order valence-electron chi connectivity index (χ3n) is 3.96. The molecular weight excluding hydrogens is 356 g/mol. The van der Waals surface area contributed by atoms with Crippen LogP contribution in [0.3, 0.4) is 0 Å². The van der Waals surface area contributed by atoms with Crippen molar-refractivity contribution in [3.8, 4) is 0 Å². The molecule has 1 fully saturated rings. The second-order valence-electron chi connectivity index (χ2n) is 5.61. The van der Waals surface area contributed by atoms with Gasteiger partial charge in [-0.1, -0.05) is 60.0 Å². The van der Waals surface area contributed by atoms with Gasteiger partial charge in [0.15, 0.2) is 4.32 Å². The second kappa shape index (κ2) is 5.95. The summed E-state index contributed by atoms with van der Waals surface area (Å²) >= 11 is 8.49. The minimum absolute atomic E-state index is 0.0437. The number of hydrogen-bond donors (Lipinski definition) is 0. The van der Waals surface area contributed by atoms with E-state index in [0.717, 1.165) is 26.9 Å². The van der Waals surface area contributed by atoms with Gasteiger partial charge in [0.05, 0.1) is 16.4 Å². The zero-order valence-corrected chi connectivity index (χ0v) is 15.6. The van der Waals surface area contributed by atoms with Crippen LogP contribution in [-0.2, 0) is 4.79 Å². The molecule has 2 aromatic carbocycles. The van der Waals surface area contributed by atoms with Crippen molar-refractivity contribution in [2.24, 2.45) is 0 Å². The number of fused-ring (bicyclic) bond motifs is 1. The Morgan fingerprint density at radius 1 is 1.04 bits per heavy atom. The molecule has 2 heterocycles. The first-order valence-electron chi connectivity index (χ1n) is 7.44. The number of rotatable bonds is 1. The molecule has 0 saturated carbocycles. The largest absolute Gasteiger partial charge is 0.337 e. The van der Waals surface area contributed by atoms with Gasteiger partial charge in [-0.05, 0) is 36.8 Å². The Hall–Kier alpha value is -1.76. The number of thiocarbonyl (C=S) groups is 1. The molecule has 2 aliphatic rings. The Morgan fingerprint density at radius 3 is 2.58 bits per heavy atom. The summed E-state index contributed by atoms with van der Waals surface area (Å²) in [6.45, 7) is 2.01. The van der Waals surface area contributed by atoms with E-state index in [4.69, 9.17) is 12.2 Å². The van der Waals surface area contributed by atoms with Crippen LogP contribution in [0.5, 0.6) is 0 Å². The molecule has 0 N–H and O–H groups in total. The van der Waals surface area contributed by atoms with Crippen LogP contribution in [0.2, 0.25) is 0 Å². The molecule has 0 aromatic heterocycles. The van der Waals surface area contributed by atoms with Crippen molar-refractivity contribution in [2.75, 3.05) is 16.8 Å². The molecule has 120 valence electrons. The summed E-state index contributed by atoms with van der Waals surface area (Å²) < 4.78 is 0.582. The number of nitrogens with zero attached hydrogens (tertiary/aromatic N) is 2. The van der Waals surface area contributed by atoms with Gasteiger partial charge < -0.3 is 4.90 Å². The number of aryl methyl sites for hydroxylation is 1. The van der Waals surface area contributed by atoms with Crippen molar-refractivity contribution in [2.45, 2.75) is 11.8 Å². The molecule has 4 rings (SSSR count). The molecule has 3 nitrogen and oxygen atoms in total. The SMILES string of the molecule is Cc1cccc(N2C(=O)/C(=C3/Sc4ccccc4N3C)SC2=S)c1. The van der Waals surface area contributed by atoms with E-state index in [2.05, 4.69) is 17.0 Å². The lowest BCUT2D eigenvalue weighted by Crippen LogP contribution is -2.28. The molecule has 0 unspecified atom stereocenters. The number of hydrogen-bond acceptors (Lipinski definition) is 5. The zero-order chi connectivity index (χ0) is 16.8. The van der Waals surface area contributed by atoms with E-state index in [0.29, 0.717) is 9.23 Å². The van der Waals surface area contributed by atoms with E-state index in [9.17, 15) is 4.79 Å². The molecule has 1 saturated heterocycles. The van der Waals surface area contributed by atoms with Crippen LogP contribution in [0.25, 0.3) is 0 Å². The summed E-state index contributed by atoms with van der Waals surface area (Å²) in [5, 5.41) is 0.948. The Labute approximate surface area is 154 Å². The smallest absolute Gasteiger partial charge is 0.273 e. The highest BCUT2D eigenvalue weighted by Crippen LogP contribution is 2.50. The number of thioether (sulfide) groups is 2. The van der Waals surface area contributed by atoms with Crippen molar-refractivity contribution in [3.05, 3.63) is 64.0 Å². The van der Waals surface area contributed by atoms with E-state index >= 15 is 0 Å². The van der Waals surface area contributed by atoms with Gasteiger partial charge in [-0.25, -0.2) is 0 Å². The third kappa shape index (κ3) is 2.46.